The largest absolute Gasteiger partial charge is 0.496 e. The van der Waals surface area contributed by atoms with Gasteiger partial charge in [-0.2, -0.15) is 0 Å². The first-order valence-electron chi connectivity index (χ1n) is 8.59. The molecule has 0 saturated heterocycles. The molecule has 120 valence electrons. The topological polar surface area (TPSA) is 29.5 Å². The zero-order chi connectivity index (χ0) is 15.5. The van der Waals surface area contributed by atoms with Crippen molar-refractivity contribution in [3.05, 3.63) is 26.8 Å². The van der Waals surface area contributed by atoms with Gasteiger partial charge >= 0.3 is 0 Å². The van der Waals surface area contributed by atoms with Gasteiger partial charge in [-0.15, -0.1) is 0 Å². The van der Waals surface area contributed by atoms with Gasteiger partial charge in [-0.1, -0.05) is 13.0 Å². The number of rotatable bonds is 1. The second kappa shape index (κ2) is 5.37. The number of hydrogen-bond donors (Lipinski definition) is 1. The third-order valence-corrected chi connectivity index (χ3v) is 8.16. The number of halogens is 1. The number of ether oxygens (including phenoxy) is 1. The molecule has 2 fully saturated rings. The lowest BCUT2D eigenvalue weighted by atomic mass is 9.55. The lowest BCUT2D eigenvalue weighted by molar-refractivity contribution is -0.0226. The van der Waals surface area contributed by atoms with Crippen LogP contribution in [0.1, 0.15) is 56.1 Å². The summed E-state index contributed by atoms with van der Waals surface area (Å²) in [5.41, 5.74) is 3.28. The SMILES string of the molecule is COc1ccc2c(c1I)CC[C@@H]1[C@@H]2CC[C@]2(C)[C@@H](O)CC[C@@H]12. The van der Waals surface area contributed by atoms with Crippen LogP contribution >= 0.6 is 22.6 Å². The number of fused-ring (bicyclic) bond motifs is 5. The van der Waals surface area contributed by atoms with Crippen LogP contribution in [0, 0.1) is 20.8 Å². The highest BCUT2D eigenvalue weighted by Gasteiger charge is 2.54. The molecule has 0 unspecified atom stereocenters. The number of aliphatic hydroxyl groups is 1. The van der Waals surface area contributed by atoms with E-state index in [0.29, 0.717) is 11.8 Å². The van der Waals surface area contributed by atoms with Crippen molar-refractivity contribution in [3.8, 4) is 5.75 Å². The molecular weight excluding hydrogens is 387 g/mol. The van der Waals surface area contributed by atoms with Crippen molar-refractivity contribution < 1.29 is 9.84 Å². The van der Waals surface area contributed by atoms with Gasteiger partial charge in [-0.25, -0.2) is 0 Å². The van der Waals surface area contributed by atoms with Gasteiger partial charge in [-0.05, 0) is 101 Å². The van der Waals surface area contributed by atoms with Gasteiger partial charge in [0.1, 0.15) is 5.75 Å². The summed E-state index contributed by atoms with van der Waals surface area (Å²) in [6, 6.07) is 4.47. The molecule has 4 rings (SSSR count). The molecule has 2 nitrogen and oxygen atoms in total. The minimum atomic E-state index is -0.0733. The lowest BCUT2D eigenvalue weighted by Crippen LogP contribution is -2.44. The summed E-state index contributed by atoms with van der Waals surface area (Å²) in [6.45, 7) is 2.35. The molecule has 0 bridgehead atoms. The number of benzene rings is 1. The summed E-state index contributed by atoms with van der Waals surface area (Å²) in [6.07, 6.45) is 7.05. The molecule has 0 aliphatic heterocycles. The third kappa shape index (κ3) is 2.00. The van der Waals surface area contributed by atoms with Crippen LogP contribution in [-0.4, -0.2) is 18.3 Å². The Morgan fingerprint density at radius 3 is 2.82 bits per heavy atom. The van der Waals surface area contributed by atoms with Gasteiger partial charge in [0.2, 0.25) is 0 Å². The van der Waals surface area contributed by atoms with E-state index >= 15 is 0 Å². The molecule has 3 heteroatoms. The van der Waals surface area contributed by atoms with Gasteiger partial charge in [0.15, 0.2) is 0 Å². The Labute approximate surface area is 146 Å². The van der Waals surface area contributed by atoms with Crippen molar-refractivity contribution in [1.29, 1.82) is 0 Å². The van der Waals surface area contributed by atoms with Crippen molar-refractivity contribution in [3.63, 3.8) is 0 Å². The van der Waals surface area contributed by atoms with Gasteiger partial charge < -0.3 is 9.84 Å². The van der Waals surface area contributed by atoms with E-state index in [1.807, 2.05) is 0 Å². The maximum Gasteiger partial charge on any atom is 0.132 e. The normalized spacial score (nSPS) is 39.8. The number of hydrogen-bond acceptors (Lipinski definition) is 2. The summed E-state index contributed by atoms with van der Waals surface area (Å²) in [5.74, 6) is 3.21. The Morgan fingerprint density at radius 1 is 1.23 bits per heavy atom. The maximum atomic E-state index is 10.5. The van der Waals surface area contributed by atoms with Gasteiger partial charge in [0.05, 0.1) is 16.8 Å². The molecule has 3 aliphatic rings. The highest BCUT2D eigenvalue weighted by molar-refractivity contribution is 14.1. The molecule has 1 N–H and O–H groups in total. The van der Waals surface area contributed by atoms with E-state index in [-0.39, 0.29) is 11.5 Å². The van der Waals surface area contributed by atoms with Crippen molar-refractivity contribution >= 4 is 22.6 Å². The number of methoxy groups -OCH3 is 1. The summed E-state index contributed by atoms with van der Waals surface area (Å²) in [7, 11) is 1.77. The van der Waals surface area contributed by atoms with Crippen LogP contribution in [-0.2, 0) is 6.42 Å². The Hall–Kier alpha value is -0.290. The zero-order valence-corrected chi connectivity index (χ0v) is 15.6. The minimum absolute atomic E-state index is 0.0733. The fourth-order valence-electron chi connectivity index (χ4n) is 5.73. The van der Waals surface area contributed by atoms with Crippen molar-refractivity contribution in [2.45, 2.75) is 57.5 Å². The van der Waals surface area contributed by atoms with Gasteiger partial charge in [0.25, 0.3) is 0 Å². The van der Waals surface area contributed by atoms with Crippen LogP contribution in [0.4, 0.5) is 0 Å². The fraction of sp³-hybridized carbons (Fsp3) is 0.684. The molecule has 2 saturated carbocycles. The average molecular weight is 412 g/mol. The van der Waals surface area contributed by atoms with Crippen LogP contribution in [0.3, 0.4) is 0 Å². The van der Waals surface area contributed by atoms with Crippen LogP contribution in [0.25, 0.3) is 0 Å². The molecule has 0 radical (unpaired) electrons. The van der Waals surface area contributed by atoms with E-state index in [1.165, 1.54) is 41.2 Å². The van der Waals surface area contributed by atoms with Crippen molar-refractivity contribution in [1.82, 2.24) is 0 Å². The molecule has 0 spiro atoms. The van der Waals surface area contributed by atoms with E-state index in [2.05, 4.69) is 41.6 Å². The lowest BCUT2D eigenvalue weighted by Gasteiger charge is -2.50. The molecule has 5 atom stereocenters. The second-order valence-electron chi connectivity index (χ2n) is 7.70. The molecule has 1 aromatic rings. The number of aliphatic hydroxyl groups excluding tert-OH is 1. The van der Waals surface area contributed by atoms with Crippen LogP contribution in [0.5, 0.6) is 5.75 Å². The quantitative estimate of drug-likeness (QED) is 0.688. The molecule has 1 aromatic carbocycles. The maximum absolute atomic E-state index is 10.5. The monoisotopic (exact) mass is 412 g/mol. The summed E-state index contributed by atoms with van der Waals surface area (Å²) in [4.78, 5) is 0. The second-order valence-corrected chi connectivity index (χ2v) is 8.78. The van der Waals surface area contributed by atoms with Crippen molar-refractivity contribution in [2.75, 3.05) is 7.11 Å². The van der Waals surface area contributed by atoms with E-state index in [4.69, 9.17) is 4.74 Å². The third-order valence-electron chi connectivity index (χ3n) is 6.98. The standard InChI is InChI=1S/C19H25IO2/c1-19-10-9-12-11-5-7-16(22-2)18(20)14(11)4-3-13(12)15(19)6-8-17(19)21/h5,7,12-13,15,17,21H,3-4,6,8-10H2,1-2H3/t12-,13-,15+,17+,19+/m1/s1. The van der Waals surface area contributed by atoms with E-state index < -0.39 is 0 Å². The molecular formula is C19H25IO2. The highest BCUT2D eigenvalue weighted by atomic mass is 127. The Morgan fingerprint density at radius 2 is 2.05 bits per heavy atom. The Balaban J connectivity index is 1.72. The van der Waals surface area contributed by atoms with Gasteiger partial charge in [0, 0.05) is 0 Å². The molecule has 0 heterocycles. The van der Waals surface area contributed by atoms with E-state index in [0.717, 1.165) is 18.1 Å². The first-order valence-corrected chi connectivity index (χ1v) is 9.67. The Bertz CT molecular complexity index is 599. The predicted octanol–water partition coefficient (Wildman–Crippen LogP) is 4.52. The zero-order valence-electron chi connectivity index (χ0n) is 13.4. The smallest absolute Gasteiger partial charge is 0.132 e. The van der Waals surface area contributed by atoms with Crippen molar-refractivity contribution in [2.24, 2.45) is 17.3 Å². The molecule has 0 aromatic heterocycles. The Kier molecular flexibility index (Phi) is 3.72. The minimum Gasteiger partial charge on any atom is -0.496 e. The fourth-order valence-corrected chi connectivity index (χ4v) is 6.71. The molecule has 22 heavy (non-hydrogen) atoms. The first kappa shape index (κ1) is 15.3. The van der Waals surface area contributed by atoms with Crippen LogP contribution in [0.2, 0.25) is 0 Å². The summed E-state index contributed by atoms with van der Waals surface area (Å²) >= 11 is 2.46. The van der Waals surface area contributed by atoms with E-state index in [1.54, 1.807) is 12.7 Å². The molecule has 3 aliphatic carbocycles. The first-order chi connectivity index (χ1) is 10.6. The summed E-state index contributed by atoms with van der Waals surface area (Å²) < 4.78 is 6.82. The van der Waals surface area contributed by atoms with Crippen LogP contribution < -0.4 is 4.74 Å². The predicted molar refractivity (Wildman–Crippen MR) is 96.3 cm³/mol. The van der Waals surface area contributed by atoms with E-state index in [9.17, 15) is 5.11 Å². The van der Waals surface area contributed by atoms with Gasteiger partial charge in [-0.3, -0.25) is 0 Å². The summed E-state index contributed by atoms with van der Waals surface area (Å²) in [5, 5.41) is 10.5. The highest BCUT2D eigenvalue weighted by Crippen LogP contribution is 2.61. The molecule has 0 amide bonds. The van der Waals surface area contributed by atoms with Crippen LogP contribution in [0.15, 0.2) is 12.1 Å². The average Bonchev–Trinajstić information content (AvgIpc) is 2.83.